The average Bonchev–Trinajstić information content (AvgIpc) is 2.76. The molecule has 0 atom stereocenters. The van der Waals surface area contributed by atoms with Crippen LogP contribution in [0.15, 0.2) is 42.5 Å². The lowest BCUT2D eigenvalue weighted by atomic mass is 9.92. The molecule has 0 spiro atoms. The normalized spacial score (nSPS) is 17.4. The molecule has 164 valence electrons. The number of hydrogen-bond donors (Lipinski definition) is 1. The van der Waals surface area contributed by atoms with Crippen LogP contribution in [0.5, 0.6) is 5.75 Å². The maximum atomic E-state index is 13.6. The Morgan fingerprint density at radius 3 is 2.84 bits per heavy atom. The van der Waals surface area contributed by atoms with Crippen LogP contribution in [-0.2, 0) is 13.0 Å². The van der Waals surface area contributed by atoms with Gasteiger partial charge < -0.3 is 10.1 Å². The van der Waals surface area contributed by atoms with E-state index in [1.807, 2.05) is 38.1 Å². The number of anilines is 1. The second-order valence-electron chi connectivity index (χ2n) is 9.17. The van der Waals surface area contributed by atoms with Gasteiger partial charge in [-0.25, -0.2) is 0 Å². The van der Waals surface area contributed by atoms with Crippen LogP contribution in [0.3, 0.4) is 0 Å². The van der Waals surface area contributed by atoms with Gasteiger partial charge in [-0.2, -0.15) is 0 Å². The highest BCUT2D eigenvalue weighted by molar-refractivity contribution is 6.14. The molecule has 3 aromatic rings. The van der Waals surface area contributed by atoms with Crippen molar-refractivity contribution in [2.45, 2.75) is 45.8 Å². The zero-order chi connectivity index (χ0) is 22.5. The summed E-state index contributed by atoms with van der Waals surface area (Å²) >= 11 is 0. The molecular weight excluding hydrogens is 402 g/mol. The predicted octanol–water partition coefficient (Wildman–Crippen LogP) is 4.61. The van der Waals surface area contributed by atoms with E-state index in [0.29, 0.717) is 35.5 Å². The van der Waals surface area contributed by atoms with Gasteiger partial charge in [0.1, 0.15) is 11.4 Å². The van der Waals surface area contributed by atoms with E-state index in [2.05, 4.69) is 17.1 Å². The van der Waals surface area contributed by atoms with E-state index in [-0.39, 0.29) is 11.7 Å². The number of ether oxygens (including phenoxy) is 1. The molecule has 6 nitrogen and oxygen atoms in total. The molecule has 6 heteroatoms. The first kappa shape index (κ1) is 20.6. The van der Waals surface area contributed by atoms with Crippen LogP contribution in [0, 0.1) is 0 Å². The predicted molar refractivity (Wildman–Crippen MR) is 124 cm³/mol. The fraction of sp³-hybridized carbons (Fsp3) is 0.346. The number of hydrogen-bond acceptors (Lipinski definition) is 5. The van der Waals surface area contributed by atoms with Crippen molar-refractivity contribution in [2.24, 2.45) is 0 Å². The van der Waals surface area contributed by atoms with Crippen molar-refractivity contribution >= 4 is 28.3 Å². The molecule has 0 fully saturated rings. The minimum absolute atomic E-state index is 0.0256. The van der Waals surface area contributed by atoms with Gasteiger partial charge in [0, 0.05) is 41.8 Å². The summed E-state index contributed by atoms with van der Waals surface area (Å²) in [5, 5.41) is 3.88. The first-order valence-corrected chi connectivity index (χ1v) is 11.1. The highest BCUT2D eigenvalue weighted by Gasteiger charge is 2.33. The van der Waals surface area contributed by atoms with Crippen molar-refractivity contribution < 1.29 is 14.3 Å². The number of benzene rings is 2. The molecule has 1 amide bonds. The summed E-state index contributed by atoms with van der Waals surface area (Å²) in [6.07, 6.45) is 1.14. The zero-order valence-electron chi connectivity index (χ0n) is 18.7. The lowest BCUT2D eigenvalue weighted by Crippen LogP contribution is -2.36. The second-order valence-corrected chi connectivity index (χ2v) is 9.17. The highest BCUT2D eigenvalue weighted by atomic mass is 16.5. The van der Waals surface area contributed by atoms with Gasteiger partial charge in [0.15, 0.2) is 5.78 Å². The highest BCUT2D eigenvalue weighted by Crippen LogP contribution is 2.35. The Morgan fingerprint density at radius 1 is 1.22 bits per heavy atom. The Morgan fingerprint density at radius 2 is 2.03 bits per heavy atom. The Kier molecular flexibility index (Phi) is 4.97. The van der Waals surface area contributed by atoms with Gasteiger partial charge in [-0.05, 0) is 44.7 Å². The standard InChI is InChI=1S/C26H27N3O3/c1-4-29-12-11-21-19(15-29)24(17-7-5-6-8-20(17)28-21)25(31)27-16-9-10-23-18(13-16)22(30)14-26(2,3)32-23/h5-10,13H,4,11-12,14-15H2,1-3H3,(H,27,31). The van der Waals surface area contributed by atoms with Gasteiger partial charge in [0.25, 0.3) is 5.91 Å². The Balaban J connectivity index is 1.54. The van der Waals surface area contributed by atoms with Gasteiger partial charge in [0.05, 0.1) is 23.1 Å². The van der Waals surface area contributed by atoms with E-state index in [0.717, 1.165) is 41.7 Å². The average molecular weight is 430 g/mol. The van der Waals surface area contributed by atoms with Gasteiger partial charge in [-0.3, -0.25) is 19.5 Å². The molecule has 0 saturated heterocycles. The van der Waals surface area contributed by atoms with E-state index in [1.165, 1.54) is 0 Å². The van der Waals surface area contributed by atoms with Gasteiger partial charge in [0.2, 0.25) is 0 Å². The molecule has 0 bridgehead atoms. The largest absolute Gasteiger partial charge is 0.487 e. The fourth-order valence-electron chi connectivity index (χ4n) is 4.70. The number of nitrogens with one attached hydrogen (secondary N) is 1. The Hall–Kier alpha value is -3.25. The van der Waals surface area contributed by atoms with E-state index in [9.17, 15) is 9.59 Å². The van der Waals surface area contributed by atoms with Crippen LogP contribution in [0.1, 0.15) is 59.2 Å². The van der Waals surface area contributed by atoms with Crippen LogP contribution in [0.4, 0.5) is 5.69 Å². The fourth-order valence-corrected chi connectivity index (χ4v) is 4.70. The number of ketones is 1. The third-order valence-electron chi connectivity index (χ3n) is 6.31. The minimum Gasteiger partial charge on any atom is -0.487 e. The molecule has 2 aliphatic rings. The number of Topliss-reactive ketones (excluding diaryl/α,β-unsaturated/α-hetero) is 1. The molecule has 1 aromatic heterocycles. The summed E-state index contributed by atoms with van der Waals surface area (Å²) in [5.41, 5.74) is 4.07. The molecule has 5 rings (SSSR count). The number of carbonyl (C=O) groups is 2. The third kappa shape index (κ3) is 3.65. The first-order valence-electron chi connectivity index (χ1n) is 11.1. The van der Waals surface area contributed by atoms with Crippen LogP contribution in [-0.4, -0.2) is 40.3 Å². The van der Waals surface area contributed by atoms with Crippen molar-refractivity contribution in [1.29, 1.82) is 0 Å². The van der Waals surface area contributed by atoms with E-state index >= 15 is 0 Å². The van der Waals surface area contributed by atoms with Gasteiger partial charge in [-0.15, -0.1) is 0 Å². The van der Waals surface area contributed by atoms with Crippen molar-refractivity contribution in [3.63, 3.8) is 0 Å². The molecule has 2 aliphatic heterocycles. The summed E-state index contributed by atoms with van der Waals surface area (Å²) in [7, 11) is 0. The van der Waals surface area contributed by atoms with Crippen molar-refractivity contribution in [1.82, 2.24) is 9.88 Å². The number of likely N-dealkylation sites (N-methyl/N-ethyl adjacent to an activating group) is 1. The molecule has 2 aromatic carbocycles. The van der Waals surface area contributed by atoms with Crippen molar-refractivity contribution in [3.8, 4) is 5.75 Å². The van der Waals surface area contributed by atoms with E-state index < -0.39 is 5.60 Å². The maximum Gasteiger partial charge on any atom is 0.256 e. The lowest BCUT2D eigenvalue weighted by Gasteiger charge is -2.31. The van der Waals surface area contributed by atoms with Crippen molar-refractivity contribution in [3.05, 3.63) is 64.8 Å². The van der Waals surface area contributed by atoms with Crippen LogP contribution < -0.4 is 10.1 Å². The Labute approximate surface area is 187 Å². The molecule has 32 heavy (non-hydrogen) atoms. The molecule has 1 N–H and O–H groups in total. The monoisotopic (exact) mass is 429 g/mol. The summed E-state index contributed by atoms with van der Waals surface area (Å²) in [5.74, 6) is 0.412. The van der Waals surface area contributed by atoms with E-state index in [1.54, 1.807) is 18.2 Å². The minimum atomic E-state index is -0.519. The third-order valence-corrected chi connectivity index (χ3v) is 6.31. The first-order chi connectivity index (χ1) is 15.3. The van der Waals surface area contributed by atoms with Crippen LogP contribution in [0.25, 0.3) is 10.9 Å². The van der Waals surface area contributed by atoms with Crippen LogP contribution in [0.2, 0.25) is 0 Å². The summed E-state index contributed by atoms with van der Waals surface area (Å²) in [6.45, 7) is 8.52. The number of pyridine rings is 1. The second kappa shape index (κ2) is 7.71. The number of para-hydroxylation sites is 1. The number of aromatic nitrogens is 1. The van der Waals surface area contributed by atoms with E-state index in [4.69, 9.17) is 9.72 Å². The number of rotatable bonds is 3. The SMILES string of the molecule is CCN1CCc2nc3ccccc3c(C(=O)Nc3ccc4c(c3)C(=O)CC(C)(C)O4)c2C1. The molecule has 0 unspecified atom stereocenters. The summed E-state index contributed by atoms with van der Waals surface area (Å²) in [4.78, 5) is 33.4. The lowest BCUT2D eigenvalue weighted by molar-refractivity contribution is 0.0620. The van der Waals surface area contributed by atoms with Gasteiger partial charge >= 0.3 is 0 Å². The number of fused-ring (bicyclic) bond motifs is 3. The summed E-state index contributed by atoms with van der Waals surface area (Å²) in [6, 6.07) is 13.1. The molecule has 0 radical (unpaired) electrons. The van der Waals surface area contributed by atoms with Gasteiger partial charge in [-0.1, -0.05) is 25.1 Å². The Bertz CT molecular complexity index is 1250. The molecule has 0 saturated carbocycles. The molecule has 3 heterocycles. The quantitative estimate of drug-likeness (QED) is 0.658. The van der Waals surface area contributed by atoms with Crippen LogP contribution >= 0.6 is 0 Å². The smallest absolute Gasteiger partial charge is 0.256 e. The summed E-state index contributed by atoms with van der Waals surface area (Å²) < 4.78 is 5.94. The zero-order valence-corrected chi connectivity index (χ0v) is 18.7. The van der Waals surface area contributed by atoms with Crippen molar-refractivity contribution in [2.75, 3.05) is 18.4 Å². The number of amides is 1. The maximum absolute atomic E-state index is 13.6. The molecule has 0 aliphatic carbocycles. The molecular formula is C26H27N3O3. The number of nitrogens with zero attached hydrogens (tertiary/aromatic N) is 2. The number of carbonyl (C=O) groups excluding carboxylic acids is 2. The topological polar surface area (TPSA) is 71.5 Å².